The number of fused-ring (bicyclic) bond motifs is 1. The van der Waals surface area contributed by atoms with Gasteiger partial charge >= 0.3 is 6.03 Å². The highest BCUT2D eigenvalue weighted by molar-refractivity contribution is 6.06. The van der Waals surface area contributed by atoms with E-state index in [9.17, 15) is 14.4 Å². The van der Waals surface area contributed by atoms with Crippen LogP contribution in [0.1, 0.15) is 32.6 Å². The zero-order chi connectivity index (χ0) is 20.4. The van der Waals surface area contributed by atoms with E-state index in [1.807, 2.05) is 36.4 Å². The predicted octanol–water partition coefficient (Wildman–Crippen LogP) is 3.03. The maximum absolute atomic E-state index is 12.6. The van der Waals surface area contributed by atoms with Gasteiger partial charge in [-0.15, -0.1) is 0 Å². The largest absolute Gasteiger partial charge is 0.494 e. The summed E-state index contributed by atoms with van der Waals surface area (Å²) >= 11 is 0. The summed E-state index contributed by atoms with van der Waals surface area (Å²) in [6.45, 7) is 3.56. The third-order valence-electron chi connectivity index (χ3n) is 5.93. The van der Waals surface area contributed by atoms with Crippen LogP contribution in [0.3, 0.4) is 0 Å². The monoisotopic (exact) mass is 397 g/mol. The second-order valence-electron chi connectivity index (χ2n) is 7.92. The highest BCUT2D eigenvalue weighted by atomic mass is 16.5. The average Bonchev–Trinajstić information content (AvgIpc) is 2.94. The molecule has 0 saturated carbocycles. The van der Waals surface area contributed by atoms with Crippen LogP contribution in [0.15, 0.2) is 36.4 Å². The second kappa shape index (κ2) is 8.27. The van der Waals surface area contributed by atoms with Crippen LogP contribution >= 0.6 is 0 Å². The van der Waals surface area contributed by atoms with Gasteiger partial charge in [0.15, 0.2) is 0 Å². The number of amides is 4. The summed E-state index contributed by atoms with van der Waals surface area (Å²) in [6, 6.07) is 6.85. The zero-order valence-corrected chi connectivity index (χ0v) is 16.7. The topological polar surface area (TPSA) is 79.0 Å². The highest BCUT2D eigenvalue weighted by Gasteiger charge is 2.52. The van der Waals surface area contributed by atoms with Crippen LogP contribution in [0.2, 0.25) is 0 Å². The summed E-state index contributed by atoms with van der Waals surface area (Å²) in [5.41, 5.74) is 0.687. The SMILES string of the molecule is CCCCOc1ccc(NC(=O)N2CC(N3C(=O)[C@H]4CC=CC[C@@H]4C3=O)C2)cc1. The maximum atomic E-state index is 12.6. The van der Waals surface area contributed by atoms with Crippen LogP contribution in [0.5, 0.6) is 5.75 Å². The number of likely N-dealkylation sites (tertiary alicyclic amines) is 2. The Morgan fingerprint density at radius 1 is 1.07 bits per heavy atom. The summed E-state index contributed by atoms with van der Waals surface area (Å²) in [7, 11) is 0. The molecule has 0 spiro atoms. The van der Waals surface area contributed by atoms with Gasteiger partial charge in [0.1, 0.15) is 5.75 Å². The lowest BCUT2D eigenvalue weighted by Gasteiger charge is -2.43. The fourth-order valence-corrected chi connectivity index (χ4v) is 4.14. The predicted molar refractivity (Wildman–Crippen MR) is 108 cm³/mol. The summed E-state index contributed by atoms with van der Waals surface area (Å²) in [6.07, 6.45) is 7.33. The van der Waals surface area contributed by atoms with E-state index in [2.05, 4.69) is 12.2 Å². The van der Waals surface area contributed by atoms with Gasteiger partial charge < -0.3 is 15.0 Å². The van der Waals surface area contributed by atoms with Crippen molar-refractivity contribution in [3.63, 3.8) is 0 Å². The fourth-order valence-electron chi connectivity index (χ4n) is 4.14. The summed E-state index contributed by atoms with van der Waals surface area (Å²) in [5, 5.41) is 2.85. The van der Waals surface area contributed by atoms with E-state index in [4.69, 9.17) is 4.74 Å². The Morgan fingerprint density at radius 3 is 2.28 bits per heavy atom. The van der Waals surface area contributed by atoms with Gasteiger partial charge in [-0.1, -0.05) is 25.5 Å². The van der Waals surface area contributed by atoms with Crippen molar-refractivity contribution in [3.8, 4) is 5.75 Å². The molecule has 2 atom stereocenters. The molecule has 1 N–H and O–H groups in total. The van der Waals surface area contributed by atoms with Gasteiger partial charge in [-0.05, 0) is 43.5 Å². The average molecular weight is 397 g/mol. The third kappa shape index (κ3) is 3.86. The van der Waals surface area contributed by atoms with Crippen molar-refractivity contribution in [1.29, 1.82) is 0 Å². The molecule has 2 heterocycles. The summed E-state index contributed by atoms with van der Waals surface area (Å²) < 4.78 is 5.62. The quantitative estimate of drug-likeness (QED) is 0.455. The van der Waals surface area contributed by atoms with Gasteiger partial charge in [-0.25, -0.2) is 4.79 Å². The molecule has 1 aliphatic carbocycles. The number of carbonyl (C=O) groups is 3. The standard InChI is InChI=1S/C22H27N3O4/c1-2-3-12-29-17-10-8-15(9-11-17)23-22(28)24-13-16(14-24)25-20(26)18-6-4-5-7-19(18)21(25)27/h4-5,8-11,16,18-19H,2-3,6-7,12-14H2,1H3,(H,23,28)/t18-,19-/m0/s1. The molecule has 0 radical (unpaired) electrons. The van der Waals surface area contributed by atoms with Crippen molar-refractivity contribution in [3.05, 3.63) is 36.4 Å². The minimum atomic E-state index is -0.223. The number of unbranched alkanes of at least 4 members (excludes halogenated alkanes) is 1. The number of anilines is 1. The van der Waals surface area contributed by atoms with Gasteiger partial charge in [0.05, 0.1) is 24.5 Å². The molecule has 154 valence electrons. The Labute approximate surface area is 170 Å². The molecule has 7 nitrogen and oxygen atoms in total. The molecule has 3 aliphatic rings. The first-order valence-electron chi connectivity index (χ1n) is 10.4. The number of rotatable bonds is 6. The lowest BCUT2D eigenvalue weighted by molar-refractivity contribution is -0.145. The molecule has 2 fully saturated rings. The van der Waals surface area contributed by atoms with Crippen LogP contribution in [0.25, 0.3) is 0 Å². The lowest BCUT2D eigenvalue weighted by Crippen LogP contribution is -2.63. The Bertz CT molecular complexity index is 788. The van der Waals surface area contributed by atoms with Gasteiger partial charge in [0.2, 0.25) is 11.8 Å². The van der Waals surface area contributed by atoms with Crippen molar-refractivity contribution in [1.82, 2.24) is 9.80 Å². The minimum Gasteiger partial charge on any atom is -0.494 e. The van der Waals surface area contributed by atoms with Crippen molar-refractivity contribution >= 4 is 23.5 Å². The van der Waals surface area contributed by atoms with Crippen LogP contribution in [0.4, 0.5) is 10.5 Å². The van der Waals surface area contributed by atoms with E-state index < -0.39 is 0 Å². The van der Waals surface area contributed by atoms with E-state index in [-0.39, 0.29) is 35.7 Å². The van der Waals surface area contributed by atoms with Crippen LogP contribution < -0.4 is 10.1 Å². The molecular weight excluding hydrogens is 370 g/mol. The first kappa shape index (κ1) is 19.5. The van der Waals surface area contributed by atoms with E-state index in [1.165, 1.54) is 4.90 Å². The van der Waals surface area contributed by atoms with Crippen molar-refractivity contribution in [2.75, 3.05) is 25.0 Å². The number of nitrogens with one attached hydrogen (secondary N) is 1. The first-order valence-corrected chi connectivity index (χ1v) is 10.4. The molecule has 1 aromatic rings. The first-order chi connectivity index (χ1) is 14.1. The minimum absolute atomic E-state index is 0.0759. The molecule has 29 heavy (non-hydrogen) atoms. The molecule has 0 aromatic heterocycles. The molecule has 4 amide bonds. The molecule has 2 aliphatic heterocycles. The number of imide groups is 1. The number of ether oxygens (including phenoxy) is 1. The fraction of sp³-hybridized carbons (Fsp3) is 0.500. The van der Waals surface area contributed by atoms with E-state index in [0.29, 0.717) is 38.2 Å². The van der Waals surface area contributed by atoms with Crippen LogP contribution in [-0.2, 0) is 9.59 Å². The molecule has 0 bridgehead atoms. The van der Waals surface area contributed by atoms with Crippen molar-refractivity contribution in [2.24, 2.45) is 11.8 Å². The second-order valence-corrected chi connectivity index (χ2v) is 7.92. The number of benzene rings is 1. The van der Waals surface area contributed by atoms with Gasteiger partial charge in [0, 0.05) is 18.8 Å². The summed E-state index contributed by atoms with van der Waals surface area (Å²) in [4.78, 5) is 40.7. The number of allylic oxidation sites excluding steroid dienone is 2. The number of carbonyl (C=O) groups excluding carboxylic acids is 3. The highest BCUT2D eigenvalue weighted by Crippen LogP contribution is 2.37. The molecule has 2 saturated heterocycles. The van der Waals surface area contributed by atoms with Crippen molar-refractivity contribution in [2.45, 2.75) is 38.6 Å². The smallest absolute Gasteiger partial charge is 0.321 e. The number of urea groups is 1. The molecule has 1 aromatic carbocycles. The Kier molecular flexibility index (Phi) is 5.56. The zero-order valence-electron chi connectivity index (χ0n) is 16.7. The molecule has 4 rings (SSSR count). The van der Waals surface area contributed by atoms with E-state index in [1.54, 1.807) is 4.90 Å². The van der Waals surface area contributed by atoms with E-state index >= 15 is 0 Å². The summed E-state index contributed by atoms with van der Waals surface area (Å²) in [5.74, 6) is 0.200. The van der Waals surface area contributed by atoms with Crippen LogP contribution in [-0.4, -0.2) is 53.4 Å². The normalized spacial score (nSPS) is 23.8. The maximum Gasteiger partial charge on any atom is 0.321 e. The lowest BCUT2D eigenvalue weighted by atomic mass is 9.85. The Balaban J connectivity index is 1.27. The van der Waals surface area contributed by atoms with Gasteiger partial charge in [0.25, 0.3) is 0 Å². The molecular formula is C22H27N3O4. The number of nitrogens with zero attached hydrogens (tertiary/aromatic N) is 2. The molecule has 0 unspecified atom stereocenters. The number of hydrogen-bond acceptors (Lipinski definition) is 4. The number of hydrogen-bond donors (Lipinski definition) is 1. The third-order valence-corrected chi connectivity index (χ3v) is 5.93. The Morgan fingerprint density at radius 2 is 1.69 bits per heavy atom. The van der Waals surface area contributed by atoms with Gasteiger partial charge in [-0.3, -0.25) is 14.5 Å². The van der Waals surface area contributed by atoms with E-state index in [0.717, 1.165) is 18.6 Å². The van der Waals surface area contributed by atoms with Gasteiger partial charge in [-0.2, -0.15) is 0 Å². The Hall–Kier alpha value is -2.83. The molecule has 7 heteroatoms. The van der Waals surface area contributed by atoms with Crippen molar-refractivity contribution < 1.29 is 19.1 Å². The van der Waals surface area contributed by atoms with Crippen LogP contribution in [0, 0.1) is 11.8 Å².